The van der Waals surface area contributed by atoms with Gasteiger partial charge in [-0.25, -0.2) is 0 Å². The van der Waals surface area contributed by atoms with Crippen molar-refractivity contribution in [1.82, 2.24) is 0 Å². The second-order valence-electron chi connectivity index (χ2n) is 2.71. The molecule has 0 aliphatic carbocycles. The Labute approximate surface area is 81.1 Å². The monoisotopic (exact) mass is 202 g/mol. The summed E-state index contributed by atoms with van der Waals surface area (Å²) in [6, 6.07) is 1.42. The molecular weight excluding hydrogens is 194 g/mol. The Balaban J connectivity index is 4.54. The molecule has 0 rings (SSSR count). The number of nitriles is 1. The molecule has 0 aliphatic rings. The first kappa shape index (κ1) is 11.9. The molecule has 0 N–H and O–H groups in total. The predicted octanol–water partition coefficient (Wildman–Crippen LogP) is -0.147. The topological polar surface area (TPSA) is 81.0 Å². The van der Waals surface area contributed by atoms with Gasteiger partial charge in [-0.05, 0) is 12.8 Å². The van der Waals surface area contributed by atoms with E-state index in [4.69, 9.17) is 16.9 Å². The first-order valence-corrected chi connectivity index (χ1v) is 4.14. The van der Waals surface area contributed by atoms with Gasteiger partial charge in [0.25, 0.3) is 0 Å². The average Bonchev–Trinajstić information content (AvgIpc) is 2.13. The third kappa shape index (κ3) is 3.03. The van der Waals surface area contributed by atoms with E-state index in [1.807, 2.05) is 0 Å². The number of carboxylic acids is 1. The van der Waals surface area contributed by atoms with Crippen molar-refractivity contribution in [2.24, 2.45) is 5.92 Å². The van der Waals surface area contributed by atoms with Crippen LogP contribution in [0.25, 0.3) is 0 Å². The largest absolute Gasteiger partial charge is 0.547 e. The summed E-state index contributed by atoms with van der Waals surface area (Å²) in [4.78, 5) is 18.7. The van der Waals surface area contributed by atoms with Crippen LogP contribution in [0.5, 0.6) is 0 Å². The summed E-state index contributed by atoms with van der Waals surface area (Å²) in [7, 11) is 0. The van der Waals surface area contributed by atoms with Crippen LogP contribution in [0.4, 0.5) is 0 Å². The van der Waals surface area contributed by atoms with Crippen molar-refractivity contribution in [3.63, 3.8) is 0 Å². The van der Waals surface area contributed by atoms with Gasteiger partial charge in [0, 0.05) is 5.92 Å². The lowest BCUT2D eigenvalue weighted by molar-refractivity contribution is -0.308. The number of carbonyl (C=O) groups excluding carboxylic acids is 2. The molecule has 0 aromatic heterocycles. The van der Waals surface area contributed by atoms with Crippen molar-refractivity contribution >= 4 is 23.9 Å². The van der Waals surface area contributed by atoms with E-state index in [1.165, 1.54) is 6.07 Å². The van der Waals surface area contributed by atoms with Gasteiger partial charge in [-0.15, -0.1) is 0 Å². The third-order valence-electron chi connectivity index (χ3n) is 1.76. The van der Waals surface area contributed by atoms with Gasteiger partial charge in [0.1, 0.15) is 6.29 Å². The molecule has 0 bridgehead atoms. The Morgan fingerprint density at radius 1 is 1.85 bits per heavy atom. The van der Waals surface area contributed by atoms with E-state index in [0.717, 1.165) is 0 Å². The minimum atomic E-state index is -2.08. The fourth-order valence-corrected chi connectivity index (χ4v) is 1.02. The van der Waals surface area contributed by atoms with Crippen LogP contribution < -0.4 is 5.11 Å². The summed E-state index contributed by atoms with van der Waals surface area (Å²) >= 11 is 5.43. The van der Waals surface area contributed by atoms with Crippen LogP contribution in [0, 0.1) is 17.2 Å². The normalized spacial score (nSPS) is 16.7. The van der Waals surface area contributed by atoms with Gasteiger partial charge >= 0.3 is 0 Å². The lowest BCUT2D eigenvalue weighted by Crippen LogP contribution is -2.44. The van der Waals surface area contributed by atoms with E-state index < -0.39 is 16.8 Å². The van der Waals surface area contributed by atoms with E-state index in [0.29, 0.717) is 12.7 Å². The number of hydrogen-bond donors (Lipinski definition) is 0. The van der Waals surface area contributed by atoms with E-state index >= 15 is 0 Å². The van der Waals surface area contributed by atoms with Crippen LogP contribution >= 0.6 is 11.6 Å². The zero-order valence-electron chi connectivity index (χ0n) is 7.12. The number of halogens is 1. The number of aldehydes is 1. The Hall–Kier alpha value is -1.08. The number of aliphatic carboxylic acids is 1. The highest BCUT2D eigenvalue weighted by molar-refractivity contribution is 6.35. The van der Waals surface area contributed by atoms with Gasteiger partial charge in [-0.3, -0.25) is 0 Å². The highest BCUT2D eigenvalue weighted by Crippen LogP contribution is 2.24. The van der Waals surface area contributed by atoms with Gasteiger partial charge in [0.2, 0.25) is 0 Å². The maximum atomic E-state index is 10.4. The van der Waals surface area contributed by atoms with Crippen molar-refractivity contribution in [3.8, 4) is 6.07 Å². The molecular formula is C8H9ClNO3-. The van der Waals surface area contributed by atoms with Crippen LogP contribution in [0.1, 0.15) is 19.8 Å². The molecule has 5 heteroatoms. The van der Waals surface area contributed by atoms with Crippen LogP contribution in [0.3, 0.4) is 0 Å². The van der Waals surface area contributed by atoms with Gasteiger partial charge in [0.05, 0.1) is 12.0 Å². The van der Waals surface area contributed by atoms with Crippen LogP contribution in [0.15, 0.2) is 0 Å². The van der Waals surface area contributed by atoms with Crippen molar-refractivity contribution in [1.29, 1.82) is 5.26 Å². The summed E-state index contributed by atoms with van der Waals surface area (Å²) in [6.07, 6.45) is 0.831. The molecule has 0 aliphatic heterocycles. The van der Waals surface area contributed by atoms with Gasteiger partial charge in [-0.1, -0.05) is 18.5 Å². The Morgan fingerprint density at radius 2 is 2.38 bits per heavy atom. The summed E-state index contributed by atoms with van der Waals surface area (Å²) in [5.41, 5.74) is 0. The van der Waals surface area contributed by atoms with Crippen molar-refractivity contribution < 1.29 is 14.7 Å². The first-order chi connectivity index (χ1) is 6.00. The molecule has 0 radical (unpaired) electrons. The molecule has 0 heterocycles. The average molecular weight is 203 g/mol. The molecule has 0 amide bonds. The SMILES string of the molecule is CCC(C=O)CC(Cl)(C#N)C(=O)[O-]. The van der Waals surface area contributed by atoms with E-state index in [-0.39, 0.29) is 6.42 Å². The fraction of sp³-hybridized carbons (Fsp3) is 0.625. The smallest absolute Gasteiger partial charge is 0.170 e. The first-order valence-electron chi connectivity index (χ1n) is 3.77. The molecule has 2 unspecified atom stereocenters. The van der Waals surface area contributed by atoms with Crippen molar-refractivity contribution in [3.05, 3.63) is 0 Å². The van der Waals surface area contributed by atoms with Crippen molar-refractivity contribution in [2.45, 2.75) is 24.6 Å². The van der Waals surface area contributed by atoms with Crippen LogP contribution in [0.2, 0.25) is 0 Å². The van der Waals surface area contributed by atoms with E-state index in [1.54, 1.807) is 6.92 Å². The second kappa shape index (κ2) is 4.83. The quantitative estimate of drug-likeness (QED) is 0.459. The van der Waals surface area contributed by atoms with E-state index in [9.17, 15) is 14.7 Å². The number of rotatable bonds is 5. The Bertz CT molecular complexity index is 248. The molecule has 0 aromatic rings. The lowest BCUT2D eigenvalue weighted by Gasteiger charge is -2.22. The molecule has 0 spiro atoms. The van der Waals surface area contributed by atoms with E-state index in [2.05, 4.69) is 0 Å². The number of carbonyl (C=O) groups is 2. The van der Waals surface area contributed by atoms with Gasteiger partial charge in [0.15, 0.2) is 4.87 Å². The molecule has 0 saturated carbocycles. The number of hydrogen-bond acceptors (Lipinski definition) is 4. The Kier molecular flexibility index (Phi) is 4.43. The summed E-state index contributed by atoms with van der Waals surface area (Å²) in [5.74, 6) is -2.17. The molecule has 4 nitrogen and oxygen atoms in total. The molecule has 0 aromatic carbocycles. The summed E-state index contributed by atoms with van der Waals surface area (Å²) < 4.78 is 0. The molecule has 13 heavy (non-hydrogen) atoms. The predicted molar refractivity (Wildman–Crippen MR) is 43.7 cm³/mol. The second-order valence-corrected chi connectivity index (χ2v) is 3.35. The zero-order chi connectivity index (χ0) is 10.5. The van der Waals surface area contributed by atoms with Crippen molar-refractivity contribution in [2.75, 3.05) is 0 Å². The number of nitrogens with zero attached hydrogens (tertiary/aromatic N) is 1. The minimum absolute atomic E-state index is 0.215. The molecule has 2 atom stereocenters. The van der Waals surface area contributed by atoms with Gasteiger partial charge < -0.3 is 14.7 Å². The molecule has 0 fully saturated rings. The maximum Gasteiger partial charge on any atom is 0.170 e. The highest BCUT2D eigenvalue weighted by atomic mass is 35.5. The lowest BCUT2D eigenvalue weighted by atomic mass is 9.94. The zero-order valence-corrected chi connectivity index (χ0v) is 7.87. The highest BCUT2D eigenvalue weighted by Gasteiger charge is 2.31. The van der Waals surface area contributed by atoms with Gasteiger partial charge in [-0.2, -0.15) is 5.26 Å². The maximum absolute atomic E-state index is 10.4. The molecule has 0 saturated heterocycles. The number of alkyl halides is 1. The summed E-state index contributed by atoms with van der Waals surface area (Å²) in [5, 5.41) is 18.9. The minimum Gasteiger partial charge on any atom is -0.547 e. The summed E-state index contributed by atoms with van der Waals surface area (Å²) in [6.45, 7) is 1.71. The fourth-order valence-electron chi connectivity index (χ4n) is 0.825. The third-order valence-corrected chi connectivity index (χ3v) is 2.15. The van der Waals surface area contributed by atoms with Crippen LogP contribution in [-0.4, -0.2) is 17.1 Å². The Morgan fingerprint density at radius 3 is 2.62 bits per heavy atom. The number of carboxylic acid groups (broad SMARTS) is 1. The van der Waals surface area contributed by atoms with Crippen LogP contribution in [-0.2, 0) is 9.59 Å². The molecule has 72 valence electrons. The standard InChI is InChI=1S/C8H10ClNO3/c1-2-6(4-11)3-8(9,5-10)7(12)13/h4,6H,2-3H2,1H3,(H,12,13)/p-1.